The molecule has 0 radical (unpaired) electrons. The second-order valence-corrected chi connectivity index (χ2v) is 9.65. The Labute approximate surface area is 213 Å². The first-order valence-electron chi connectivity index (χ1n) is 10.7. The molecule has 34 heavy (non-hydrogen) atoms. The molecular weight excluding hydrogens is 485 g/mol. The van der Waals surface area contributed by atoms with Crippen molar-refractivity contribution in [3.63, 3.8) is 0 Å². The number of aryl methyl sites for hydroxylation is 1. The van der Waals surface area contributed by atoms with E-state index in [-0.39, 0.29) is 5.91 Å². The number of nitrogens with one attached hydrogen (secondary N) is 1. The van der Waals surface area contributed by atoms with E-state index in [4.69, 9.17) is 23.2 Å². The third-order valence-corrected chi connectivity index (χ3v) is 6.98. The Bertz CT molecular complexity index is 1330. The van der Waals surface area contributed by atoms with Crippen LogP contribution in [0, 0.1) is 13.8 Å². The Kier molecular flexibility index (Phi) is 7.78. The zero-order valence-electron chi connectivity index (χ0n) is 18.8. The summed E-state index contributed by atoms with van der Waals surface area (Å²) in [5.74, 6) is 0.588. The smallest absolute Gasteiger partial charge is 0.271 e. The van der Waals surface area contributed by atoms with Crippen molar-refractivity contribution in [3.05, 3.63) is 117 Å². The first-order chi connectivity index (χ1) is 16.4. The van der Waals surface area contributed by atoms with Gasteiger partial charge >= 0.3 is 0 Å². The number of rotatable bonds is 7. The van der Waals surface area contributed by atoms with Crippen molar-refractivity contribution in [2.24, 2.45) is 5.10 Å². The molecule has 0 saturated heterocycles. The minimum absolute atomic E-state index is 0.256. The van der Waals surface area contributed by atoms with Crippen LogP contribution in [0.2, 0.25) is 10.0 Å². The summed E-state index contributed by atoms with van der Waals surface area (Å²) in [5.41, 5.74) is 8.01. The van der Waals surface area contributed by atoms with E-state index >= 15 is 0 Å². The topological polar surface area (TPSA) is 46.4 Å². The van der Waals surface area contributed by atoms with Gasteiger partial charge in [0.1, 0.15) is 0 Å². The van der Waals surface area contributed by atoms with Crippen molar-refractivity contribution in [1.82, 2.24) is 9.99 Å². The van der Waals surface area contributed by atoms with E-state index in [0.717, 1.165) is 34.0 Å². The number of thioether (sulfide) groups is 1. The summed E-state index contributed by atoms with van der Waals surface area (Å²) in [4.78, 5) is 13.7. The fraction of sp³-hybridized carbons (Fsp3) is 0.111. The third-order valence-electron chi connectivity index (χ3n) is 5.36. The van der Waals surface area contributed by atoms with Crippen LogP contribution in [0.15, 0.2) is 88.9 Å². The summed E-state index contributed by atoms with van der Waals surface area (Å²) in [5, 5.41) is 5.32. The normalized spacial score (nSPS) is 11.2. The van der Waals surface area contributed by atoms with E-state index in [0.29, 0.717) is 15.6 Å². The lowest BCUT2D eigenvalue weighted by molar-refractivity contribution is 0.0955. The number of hydrazone groups is 1. The van der Waals surface area contributed by atoms with E-state index < -0.39 is 0 Å². The van der Waals surface area contributed by atoms with Gasteiger partial charge in [0.05, 0.1) is 16.9 Å². The van der Waals surface area contributed by atoms with Gasteiger partial charge in [-0.15, -0.1) is 11.8 Å². The quantitative estimate of drug-likeness (QED) is 0.160. The van der Waals surface area contributed by atoms with E-state index in [1.165, 1.54) is 4.90 Å². The molecule has 0 saturated carbocycles. The second kappa shape index (κ2) is 11.0. The van der Waals surface area contributed by atoms with E-state index in [1.54, 1.807) is 30.1 Å². The van der Waals surface area contributed by atoms with Gasteiger partial charge in [-0.1, -0.05) is 53.5 Å². The van der Waals surface area contributed by atoms with Crippen molar-refractivity contribution in [2.45, 2.75) is 24.5 Å². The number of hydrogen-bond donors (Lipinski definition) is 1. The lowest BCUT2D eigenvalue weighted by Gasteiger charge is -2.11. The highest BCUT2D eigenvalue weighted by molar-refractivity contribution is 7.98. The Morgan fingerprint density at radius 2 is 1.74 bits per heavy atom. The Hall–Kier alpha value is -2.99. The standard InChI is InChI=1S/C27H23Cl2N3OS/c1-18-14-22(19(2)32(18)26-13-12-23(28)15-25(26)29)16-30-31-27(33)21-10-8-20(9-11-21)17-34-24-6-4-3-5-7-24/h3-16H,17H2,1-2H3,(H,31,33)/b30-16-. The maximum Gasteiger partial charge on any atom is 0.271 e. The van der Waals surface area contributed by atoms with Crippen LogP contribution in [0.4, 0.5) is 0 Å². The molecule has 0 aliphatic heterocycles. The van der Waals surface area contributed by atoms with Crippen LogP contribution in [0.5, 0.6) is 0 Å². The average molecular weight is 508 g/mol. The van der Waals surface area contributed by atoms with Crippen LogP contribution in [-0.4, -0.2) is 16.7 Å². The molecule has 0 bridgehead atoms. The lowest BCUT2D eigenvalue weighted by Crippen LogP contribution is -2.17. The van der Waals surface area contributed by atoms with Gasteiger partial charge in [-0.05, 0) is 67.9 Å². The molecule has 4 aromatic rings. The molecule has 0 atom stereocenters. The molecule has 4 rings (SSSR count). The largest absolute Gasteiger partial charge is 0.316 e. The fourth-order valence-electron chi connectivity index (χ4n) is 3.61. The van der Waals surface area contributed by atoms with Crippen LogP contribution in [0.1, 0.15) is 32.9 Å². The van der Waals surface area contributed by atoms with Crippen molar-refractivity contribution in [2.75, 3.05) is 0 Å². The van der Waals surface area contributed by atoms with Gasteiger partial charge in [0, 0.05) is 38.2 Å². The molecule has 0 spiro atoms. The minimum atomic E-state index is -0.256. The summed E-state index contributed by atoms with van der Waals surface area (Å²) in [7, 11) is 0. The van der Waals surface area contributed by atoms with Crippen molar-refractivity contribution in [3.8, 4) is 5.69 Å². The first kappa shape index (κ1) is 24.1. The van der Waals surface area contributed by atoms with Gasteiger partial charge in [0.2, 0.25) is 0 Å². The van der Waals surface area contributed by atoms with Gasteiger partial charge in [0.15, 0.2) is 0 Å². The van der Waals surface area contributed by atoms with E-state index in [2.05, 4.69) is 22.7 Å². The van der Waals surface area contributed by atoms with E-state index in [9.17, 15) is 4.79 Å². The molecule has 7 heteroatoms. The average Bonchev–Trinajstić information content (AvgIpc) is 3.11. The molecule has 0 fully saturated rings. The molecule has 0 aliphatic carbocycles. The predicted molar refractivity (Wildman–Crippen MR) is 143 cm³/mol. The molecular formula is C27H23Cl2N3OS. The van der Waals surface area contributed by atoms with E-state index in [1.807, 2.05) is 73.0 Å². The van der Waals surface area contributed by atoms with Crippen LogP contribution in [0.3, 0.4) is 0 Å². The zero-order chi connectivity index (χ0) is 24.1. The summed E-state index contributed by atoms with van der Waals surface area (Å²) >= 11 is 14.2. The molecule has 1 N–H and O–H groups in total. The second-order valence-electron chi connectivity index (χ2n) is 7.76. The summed E-state index contributed by atoms with van der Waals surface area (Å²) in [6, 6.07) is 25.2. The number of carbonyl (C=O) groups excluding carboxylic acids is 1. The monoisotopic (exact) mass is 507 g/mol. The molecule has 1 heterocycles. The number of benzene rings is 3. The van der Waals surface area contributed by atoms with Gasteiger partial charge in [-0.2, -0.15) is 5.10 Å². The van der Waals surface area contributed by atoms with Crippen LogP contribution in [-0.2, 0) is 5.75 Å². The molecule has 0 unspecified atom stereocenters. The highest BCUT2D eigenvalue weighted by Gasteiger charge is 2.13. The number of nitrogens with zero attached hydrogens (tertiary/aromatic N) is 2. The maximum atomic E-state index is 12.5. The van der Waals surface area contributed by atoms with Gasteiger partial charge in [-0.25, -0.2) is 5.43 Å². The number of carbonyl (C=O) groups is 1. The molecule has 0 aliphatic rings. The Morgan fingerprint density at radius 3 is 2.44 bits per heavy atom. The highest BCUT2D eigenvalue weighted by atomic mass is 35.5. The minimum Gasteiger partial charge on any atom is -0.316 e. The maximum absolute atomic E-state index is 12.5. The fourth-order valence-corrected chi connectivity index (χ4v) is 4.98. The molecule has 1 aromatic heterocycles. The van der Waals surface area contributed by atoms with Crippen molar-refractivity contribution < 1.29 is 4.79 Å². The zero-order valence-corrected chi connectivity index (χ0v) is 21.1. The van der Waals surface area contributed by atoms with Crippen molar-refractivity contribution in [1.29, 1.82) is 0 Å². The predicted octanol–water partition coefficient (Wildman–Crippen LogP) is 7.46. The molecule has 1 amide bonds. The van der Waals surface area contributed by atoms with Crippen molar-refractivity contribution >= 4 is 47.1 Å². The Morgan fingerprint density at radius 1 is 1.00 bits per heavy atom. The number of halogens is 2. The third kappa shape index (κ3) is 5.73. The summed E-state index contributed by atoms with van der Waals surface area (Å²) < 4.78 is 2.04. The molecule has 3 aromatic carbocycles. The van der Waals surface area contributed by atoms with Gasteiger partial charge in [0.25, 0.3) is 5.91 Å². The lowest BCUT2D eigenvalue weighted by atomic mass is 10.1. The molecule has 4 nitrogen and oxygen atoms in total. The first-order valence-corrected chi connectivity index (χ1v) is 12.4. The molecule has 172 valence electrons. The van der Waals surface area contributed by atoms with Crippen LogP contribution < -0.4 is 5.43 Å². The van der Waals surface area contributed by atoms with Crippen LogP contribution in [0.25, 0.3) is 5.69 Å². The number of hydrogen-bond acceptors (Lipinski definition) is 3. The van der Waals surface area contributed by atoms with Gasteiger partial charge in [-0.3, -0.25) is 4.79 Å². The van der Waals surface area contributed by atoms with Crippen LogP contribution >= 0.6 is 35.0 Å². The van der Waals surface area contributed by atoms with Gasteiger partial charge < -0.3 is 4.57 Å². The Balaban J connectivity index is 1.39. The number of amides is 1. The summed E-state index contributed by atoms with van der Waals surface area (Å²) in [6.45, 7) is 3.97. The summed E-state index contributed by atoms with van der Waals surface area (Å²) in [6.07, 6.45) is 1.64. The number of aromatic nitrogens is 1. The highest BCUT2D eigenvalue weighted by Crippen LogP contribution is 2.28. The SMILES string of the molecule is Cc1cc(/C=N\NC(=O)c2ccc(CSc3ccccc3)cc2)c(C)n1-c1ccc(Cl)cc1Cl.